The lowest BCUT2D eigenvalue weighted by Crippen LogP contribution is -2.61. The number of aromatic nitrogens is 2. The van der Waals surface area contributed by atoms with E-state index in [0.29, 0.717) is 43.6 Å². The molecule has 0 saturated carbocycles. The summed E-state index contributed by atoms with van der Waals surface area (Å²) in [6.45, 7) is 1.72. The van der Waals surface area contributed by atoms with Crippen LogP contribution in [0.25, 0.3) is 11.0 Å². The fourth-order valence-electron chi connectivity index (χ4n) is 4.33. The van der Waals surface area contributed by atoms with Gasteiger partial charge in [-0.25, -0.2) is 9.78 Å². The van der Waals surface area contributed by atoms with Gasteiger partial charge >= 0.3 is 5.97 Å². The van der Waals surface area contributed by atoms with Gasteiger partial charge in [0.2, 0.25) is 11.9 Å². The van der Waals surface area contributed by atoms with Gasteiger partial charge < -0.3 is 24.6 Å². The third-order valence-corrected chi connectivity index (χ3v) is 5.88. The Morgan fingerprint density at radius 3 is 3.00 bits per heavy atom. The first-order chi connectivity index (χ1) is 13.0. The molecular weight excluding hydrogens is 348 g/mol. The number of ether oxygens (including phenoxy) is 1. The number of esters is 1. The van der Waals surface area contributed by atoms with E-state index in [4.69, 9.17) is 9.72 Å². The molecule has 3 heterocycles. The van der Waals surface area contributed by atoms with Gasteiger partial charge in [-0.05, 0) is 37.5 Å². The van der Waals surface area contributed by atoms with Crippen LogP contribution < -0.4 is 10.2 Å². The number of hydrogen-bond acceptors (Lipinski definition) is 6. The predicted octanol–water partition coefficient (Wildman–Crippen LogP) is 0.827. The van der Waals surface area contributed by atoms with Crippen LogP contribution in [0.4, 0.5) is 5.95 Å². The summed E-state index contributed by atoms with van der Waals surface area (Å²) in [5.41, 5.74) is 1.26. The van der Waals surface area contributed by atoms with Crippen LogP contribution in [-0.2, 0) is 16.6 Å². The van der Waals surface area contributed by atoms with Crippen LogP contribution in [0.15, 0.2) is 18.2 Å². The smallest absolute Gasteiger partial charge is 0.337 e. The summed E-state index contributed by atoms with van der Waals surface area (Å²) >= 11 is 0. The Bertz CT molecular complexity index is 908. The normalized spacial score (nSPS) is 25.7. The van der Waals surface area contributed by atoms with Crippen LogP contribution in [0, 0.1) is 5.41 Å². The molecule has 144 valence electrons. The van der Waals surface area contributed by atoms with E-state index in [1.807, 2.05) is 17.7 Å². The Balaban J connectivity index is 1.70. The Hall–Kier alpha value is -2.61. The predicted molar refractivity (Wildman–Crippen MR) is 99.6 cm³/mol. The van der Waals surface area contributed by atoms with Gasteiger partial charge in [0.05, 0.1) is 35.2 Å². The minimum absolute atomic E-state index is 0.0716. The van der Waals surface area contributed by atoms with E-state index < -0.39 is 17.5 Å². The minimum atomic E-state index is -0.786. The average molecular weight is 372 g/mol. The third-order valence-electron chi connectivity index (χ3n) is 5.88. The molecule has 0 unspecified atom stereocenters. The quantitative estimate of drug-likeness (QED) is 0.758. The van der Waals surface area contributed by atoms with Gasteiger partial charge in [-0.3, -0.25) is 4.79 Å². The van der Waals surface area contributed by atoms with E-state index in [-0.39, 0.29) is 5.91 Å². The highest BCUT2D eigenvalue weighted by atomic mass is 16.5. The van der Waals surface area contributed by atoms with Gasteiger partial charge in [-0.15, -0.1) is 0 Å². The van der Waals surface area contributed by atoms with Crippen molar-refractivity contribution in [2.45, 2.75) is 25.4 Å². The molecule has 27 heavy (non-hydrogen) atoms. The lowest BCUT2D eigenvalue weighted by atomic mass is 9.71. The number of hydrogen-bond donors (Lipinski definition) is 2. The minimum Gasteiger partial charge on any atom is -0.465 e. The van der Waals surface area contributed by atoms with Crippen molar-refractivity contribution in [3.63, 3.8) is 0 Å². The molecule has 8 nitrogen and oxygen atoms in total. The number of aliphatic hydroxyl groups is 1. The van der Waals surface area contributed by atoms with Crippen molar-refractivity contribution in [1.82, 2.24) is 14.9 Å². The molecule has 0 radical (unpaired) electrons. The average Bonchev–Trinajstić information content (AvgIpc) is 3.01. The molecule has 2 N–H and O–H groups in total. The van der Waals surface area contributed by atoms with Crippen molar-refractivity contribution in [3.05, 3.63) is 23.8 Å². The van der Waals surface area contributed by atoms with E-state index in [1.54, 1.807) is 12.1 Å². The van der Waals surface area contributed by atoms with Crippen molar-refractivity contribution in [2.75, 3.05) is 31.6 Å². The summed E-state index contributed by atoms with van der Waals surface area (Å²) in [7, 11) is 3.27. The second-order valence-corrected chi connectivity index (χ2v) is 7.41. The zero-order valence-corrected chi connectivity index (χ0v) is 15.6. The monoisotopic (exact) mass is 372 g/mol. The van der Waals surface area contributed by atoms with Gasteiger partial charge in [0.25, 0.3) is 0 Å². The summed E-state index contributed by atoms with van der Waals surface area (Å²) in [6, 6.07) is 5.28. The number of anilines is 1. The molecule has 2 atom stereocenters. The number of rotatable bonds is 2. The number of nitrogens with zero attached hydrogens (tertiary/aromatic N) is 3. The molecule has 0 aliphatic carbocycles. The maximum absolute atomic E-state index is 12.6. The number of carbonyl (C=O) groups is 2. The SMILES string of the molecule is COC(=O)c1ccc2c(c1)nc(N1CC[C@@H](O)[C@@]3(CCCNC3=O)C1)n2C. The molecule has 2 aromatic rings. The van der Waals surface area contributed by atoms with Crippen molar-refractivity contribution < 1.29 is 19.4 Å². The Kier molecular flexibility index (Phi) is 4.30. The first kappa shape index (κ1) is 17.8. The van der Waals surface area contributed by atoms with Crippen LogP contribution in [0.3, 0.4) is 0 Å². The number of nitrogens with one attached hydrogen (secondary N) is 1. The molecule has 2 saturated heterocycles. The molecule has 1 amide bonds. The van der Waals surface area contributed by atoms with Gasteiger partial charge in [0.1, 0.15) is 0 Å². The molecule has 1 aromatic heterocycles. The molecular formula is C19H24N4O4. The van der Waals surface area contributed by atoms with Crippen molar-refractivity contribution in [1.29, 1.82) is 0 Å². The zero-order valence-electron chi connectivity index (χ0n) is 15.6. The number of piperidine rings is 2. The number of carbonyl (C=O) groups excluding carboxylic acids is 2. The van der Waals surface area contributed by atoms with Crippen LogP contribution in [0.5, 0.6) is 0 Å². The maximum Gasteiger partial charge on any atom is 0.337 e. The fourth-order valence-corrected chi connectivity index (χ4v) is 4.33. The van der Waals surface area contributed by atoms with Crippen LogP contribution >= 0.6 is 0 Å². The lowest BCUT2D eigenvalue weighted by molar-refractivity contribution is -0.142. The maximum atomic E-state index is 12.6. The van der Waals surface area contributed by atoms with Crippen LogP contribution in [0.1, 0.15) is 29.6 Å². The van der Waals surface area contributed by atoms with Gasteiger partial charge in [-0.2, -0.15) is 0 Å². The molecule has 4 rings (SSSR count). The summed E-state index contributed by atoms with van der Waals surface area (Å²) in [4.78, 5) is 31.2. The van der Waals surface area contributed by atoms with E-state index in [2.05, 4.69) is 10.2 Å². The van der Waals surface area contributed by atoms with E-state index >= 15 is 0 Å². The lowest BCUT2D eigenvalue weighted by Gasteiger charge is -2.47. The number of fused-ring (bicyclic) bond motifs is 1. The molecule has 1 spiro atoms. The van der Waals surface area contributed by atoms with Crippen LogP contribution in [-0.4, -0.2) is 59.4 Å². The zero-order chi connectivity index (χ0) is 19.2. The van der Waals surface area contributed by atoms with Crippen LogP contribution in [0.2, 0.25) is 0 Å². The van der Waals surface area contributed by atoms with E-state index in [0.717, 1.165) is 17.9 Å². The second kappa shape index (κ2) is 6.53. The highest BCUT2D eigenvalue weighted by molar-refractivity contribution is 5.94. The molecule has 2 aliphatic heterocycles. The first-order valence-corrected chi connectivity index (χ1v) is 9.22. The Morgan fingerprint density at radius 1 is 1.44 bits per heavy atom. The topological polar surface area (TPSA) is 96.7 Å². The summed E-state index contributed by atoms with van der Waals surface area (Å²) < 4.78 is 6.74. The molecule has 2 aliphatic rings. The van der Waals surface area contributed by atoms with E-state index in [9.17, 15) is 14.7 Å². The number of aliphatic hydroxyl groups excluding tert-OH is 1. The fraction of sp³-hybridized carbons (Fsp3) is 0.526. The number of aryl methyl sites for hydroxylation is 1. The highest BCUT2D eigenvalue weighted by Crippen LogP contribution is 2.39. The van der Waals surface area contributed by atoms with Gasteiger partial charge in [0, 0.05) is 26.7 Å². The summed E-state index contributed by atoms with van der Waals surface area (Å²) in [5.74, 6) is 0.261. The Labute approximate surface area is 157 Å². The number of methoxy groups -OCH3 is 1. The number of amides is 1. The first-order valence-electron chi connectivity index (χ1n) is 9.22. The summed E-state index contributed by atoms with van der Waals surface area (Å²) in [6.07, 6.45) is 1.41. The largest absolute Gasteiger partial charge is 0.465 e. The molecule has 0 bridgehead atoms. The molecule has 1 aromatic carbocycles. The van der Waals surface area contributed by atoms with Crippen molar-refractivity contribution in [2.24, 2.45) is 12.5 Å². The number of imidazole rings is 1. The number of benzene rings is 1. The van der Waals surface area contributed by atoms with E-state index in [1.165, 1.54) is 7.11 Å². The van der Waals surface area contributed by atoms with Gasteiger partial charge in [-0.1, -0.05) is 0 Å². The van der Waals surface area contributed by atoms with Crippen molar-refractivity contribution in [3.8, 4) is 0 Å². The summed E-state index contributed by atoms with van der Waals surface area (Å²) in [5, 5.41) is 13.5. The van der Waals surface area contributed by atoms with Gasteiger partial charge in [0.15, 0.2) is 0 Å². The Morgan fingerprint density at radius 2 is 2.26 bits per heavy atom. The molecule has 8 heteroatoms. The highest BCUT2D eigenvalue weighted by Gasteiger charge is 2.50. The van der Waals surface area contributed by atoms with Crippen molar-refractivity contribution >= 4 is 28.9 Å². The third kappa shape index (κ3) is 2.75. The standard InChI is InChI=1S/C19H24N4O4/c1-22-14-5-4-12(16(25)27-2)10-13(14)21-18(22)23-9-6-15(24)19(11-23)7-3-8-20-17(19)26/h4-5,10,15,24H,3,6-9,11H2,1-2H3,(H,20,26)/t15-,19-/m1/s1. The molecule has 2 fully saturated rings. The second-order valence-electron chi connectivity index (χ2n) is 7.41.